The number of hydrogen-bond donors (Lipinski definition) is 2. The van der Waals surface area contributed by atoms with Crippen LogP contribution in [0.2, 0.25) is 0 Å². The van der Waals surface area contributed by atoms with Crippen LogP contribution in [-0.4, -0.2) is 50.4 Å². The van der Waals surface area contributed by atoms with Crippen LogP contribution in [0.4, 0.5) is 4.79 Å². The highest BCUT2D eigenvalue weighted by molar-refractivity contribution is 5.85. The number of carbonyl (C=O) groups is 2. The largest absolute Gasteiger partial charge is 0.480 e. The normalized spacial score (nSPS) is 11.2. The van der Waals surface area contributed by atoms with Gasteiger partial charge in [0, 0.05) is 32.8 Å². The van der Waals surface area contributed by atoms with E-state index < -0.39 is 11.5 Å². The molecule has 1 aromatic rings. The third kappa shape index (κ3) is 3.72. The van der Waals surface area contributed by atoms with E-state index in [-0.39, 0.29) is 6.03 Å². The molecule has 20 heavy (non-hydrogen) atoms. The standard InChI is InChI=1S/C13H22N4O3/c1-5-17(13(2,3)11(18)19)12(20)14-8-6-10-7-9-16(4)15-10/h7,9H,5-6,8H2,1-4H3,(H,14,20)(H,18,19). The maximum atomic E-state index is 12.0. The van der Waals surface area contributed by atoms with Crippen molar-refractivity contribution >= 4 is 12.0 Å². The van der Waals surface area contributed by atoms with Gasteiger partial charge in [-0.15, -0.1) is 0 Å². The minimum absolute atomic E-state index is 0.328. The number of aromatic nitrogens is 2. The summed E-state index contributed by atoms with van der Waals surface area (Å²) < 4.78 is 1.70. The molecule has 7 heteroatoms. The van der Waals surface area contributed by atoms with Crippen LogP contribution in [0.15, 0.2) is 12.3 Å². The number of carboxylic acids is 1. The van der Waals surface area contributed by atoms with E-state index in [1.54, 1.807) is 11.6 Å². The first-order valence-corrected chi connectivity index (χ1v) is 6.56. The molecule has 0 atom stereocenters. The van der Waals surface area contributed by atoms with Crippen molar-refractivity contribution in [2.24, 2.45) is 7.05 Å². The van der Waals surface area contributed by atoms with Crippen LogP contribution in [0, 0.1) is 0 Å². The van der Waals surface area contributed by atoms with Crippen LogP contribution in [0.5, 0.6) is 0 Å². The predicted molar refractivity (Wildman–Crippen MR) is 74.4 cm³/mol. The first kappa shape index (κ1) is 16.0. The van der Waals surface area contributed by atoms with Crippen LogP contribution in [0.25, 0.3) is 0 Å². The number of likely N-dealkylation sites (N-methyl/N-ethyl adjacent to an activating group) is 1. The van der Waals surface area contributed by atoms with Crippen molar-refractivity contribution < 1.29 is 14.7 Å². The van der Waals surface area contributed by atoms with E-state index in [9.17, 15) is 9.59 Å². The molecule has 2 amide bonds. The van der Waals surface area contributed by atoms with E-state index in [2.05, 4.69) is 10.4 Å². The first-order chi connectivity index (χ1) is 9.28. The molecule has 2 N–H and O–H groups in total. The average Bonchev–Trinajstić information content (AvgIpc) is 2.75. The Morgan fingerprint density at radius 1 is 1.50 bits per heavy atom. The van der Waals surface area contributed by atoms with E-state index in [0.717, 1.165) is 5.69 Å². The molecule has 112 valence electrons. The van der Waals surface area contributed by atoms with Gasteiger partial charge in [-0.05, 0) is 26.8 Å². The third-order valence-electron chi connectivity index (χ3n) is 3.19. The van der Waals surface area contributed by atoms with Gasteiger partial charge in [0.05, 0.1) is 5.69 Å². The van der Waals surface area contributed by atoms with Crippen LogP contribution in [-0.2, 0) is 18.3 Å². The van der Waals surface area contributed by atoms with Crippen molar-refractivity contribution in [3.8, 4) is 0 Å². The number of urea groups is 1. The van der Waals surface area contributed by atoms with Crippen molar-refractivity contribution in [2.75, 3.05) is 13.1 Å². The lowest BCUT2D eigenvalue weighted by atomic mass is 10.0. The molecule has 1 aromatic heterocycles. The summed E-state index contributed by atoms with van der Waals surface area (Å²) >= 11 is 0. The van der Waals surface area contributed by atoms with Crippen LogP contribution in [0.3, 0.4) is 0 Å². The minimum Gasteiger partial charge on any atom is -0.480 e. The van der Waals surface area contributed by atoms with E-state index in [4.69, 9.17) is 5.11 Å². The van der Waals surface area contributed by atoms with Gasteiger partial charge in [-0.3, -0.25) is 4.68 Å². The summed E-state index contributed by atoms with van der Waals surface area (Å²) in [7, 11) is 1.83. The van der Waals surface area contributed by atoms with E-state index in [0.29, 0.717) is 19.5 Å². The lowest BCUT2D eigenvalue weighted by Crippen LogP contribution is -2.56. The van der Waals surface area contributed by atoms with Crippen molar-refractivity contribution in [3.63, 3.8) is 0 Å². The number of aliphatic carboxylic acids is 1. The molecule has 0 saturated carbocycles. The van der Waals surface area contributed by atoms with E-state index >= 15 is 0 Å². The number of hydrogen-bond acceptors (Lipinski definition) is 3. The van der Waals surface area contributed by atoms with Gasteiger partial charge in [-0.25, -0.2) is 9.59 Å². The first-order valence-electron chi connectivity index (χ1n) is 6.56. The lowest BCUT2D eigenvalue weighted by molar-refractivity contribution is -0.147. The zero-order valence-corrected chi connectivity index (χ0v) is 12.4. The summed E-state index contributed by atoms with van der Waals surface area (Å²) in [5.74, 6) is -1.03. The molecule has 1 heterocycles. The van der Waals surface area contributed by atoms with Crippen molar-refractivity contribution in [3.05, 3.63) is 18.0 Å². The summed E-state index contributed by atoms with van der Waals surface area (Å²) in [5.41, 5.74) is -0.350. The Balaban J connectivity index is 2.54. The highest BCUT2D eigenvalue weighted by atomic mass is 16.4. The Kier molecular flexibility index (Phi) is 5.12. The number of nitrogens with zero attached hydrogens (tertiary/aromatic N) is 3. The second-order valence-electron chi connectivity index (χ2n) is 5.07. The topological polar surface area (TPSA) is 87.5 Å². The number of nitrogens with one attached hydrogen (secondary N) is 1. The molecule has 0 bridgehead atoms. The minimum atomic E-state index is -1.23. The molecular weight excluding hydrogens is 260 g/mol. The monoisotopic (exact) mass is 282 g/mol. The van der Waals surface area contributed by atoms with Gasteiger partial charge in [0.1, 0.15) is 5.54 Å². The fraction of sp³-hybridized carbons (Fsp3) is 0.615. The summed E-state index contributed by atoms with van der Waals surface area (Å²) in [5, 5.41) is 16.1. The number of aryl methyl sites for hydroxylation is 1. The van der Waals surface area contributed by atoms with Crippen molar-refractivity contribution in [1.82, 2.24) is 20.0 Å². The SMILES string of the molecule is CCN(C(=O)NCCc1ccn(C)n1)C(C)(C)C(=O)O. The Labute approximate surface area is 118 Å². The number of amides is 2. The average molecular weight is 282 g/mol. The molecule has 7 nitrogen and oxygen atoms in total. The van der Waals surface area contributed by atoms with Gasteiger partial charge in [0.2, 0.25) is 0 Å². The van der Waals surface area contributed by atoms with Gasteiger partial charge < -0.3 is 15.3 Å². The predicted octanol–water partition coefficient (Wildman–Crippen LogP) is 0.857. The summed E-state index contributed by atoms with van der Waals surface area (Å²) in [6.07, 6.45) is 2.45. The highest BCUT2D eigenvalue weighted by Crippen LogP contribution is 2.14. The van der Waals surface area contributed by atoms with Gasteiger partial charge in [-0.2, -0.15) is 5.10 Å². The zero-order chi connectivity index (χ0) is 15.3. The lowest BCUT2D eigenvalue weighted by Gasteiger charge is -2.34. The molecule has 0 aliphatic carbocycles. The molecule has 0 aliphatic rings. The zero-order valence-electron chi connectivity index (χ0n) is 12.4. The third-order valence-corrected chi connectivity index (χ3v) is 3.19. The molecule has 0 aromatic carbocycles. The highest BCUT2D eigenvalue weighted by Gasteiger charge is 2.36. The Morgan fingerprint density at radius 3 is 2.60 bits per heavy atom. The maximum absolute atomic E-state index is 12.0. The molecular formula is C13H22N4O3. The Morgan fingerprint density at radius 2 is 2.15 bits per heavy atom. The van der Waals surface area contributed by atoms with E-state index in [1.807, 2.05) is 19.3 Å². The summed E-state index contributed by atoms with van der Waals surface area (Å²) in [6.45, 7) is 5.52. The van der Waals surface area contributed by atoms with Gasteiger partial charge in [0.15, 0.2) is 0 Å². The Bertz CT molecular complexity index is 482. The van der Waals surface area contributed by atoms with Gasteiger partial charge in [0.25, 0.3) is 0 Å². The smallest absolute Gasteiger partial charge is 0.329 e. The molecule has 0 saturated heterocycles. The molecule has 0 aliphatic heterocycles. The maximum Gasteiger partial charge on any atom is 0.329 e. The summed E-state index contributed by atoms with van der Waals surface area (Å²) in [4.78, 5) is 24.5. The second kappa shape index (κ2) is 6.40. The Hall–Kier alpha value is -2.05. The second-order valence-corrected chi connectivity index (χ2v) is 5.07. The fourth-order valence-corrected chi connectivity index (χ4v) is 1.90. The molecule has 0 radical (unpaired) electrons. The number of carboxylic acid groups (broad SMARTS) is 1. The molecule has 0 fully saturated rings. The van der Waals surface area contributed by atoms with Gasteiger partial charge >= 0.3 is 12.0 Å². The fourth-order valence-electron chi connectivity index (χ4n) is 1.90. The van der Waals surface area contributed by atoms with Crippen LogP contribution >= 0.6 is 0 Å². The van der Waals surface area contributed by atoms with Crippen molar-refractivity contribution in [1.29, 1.82) is 0 Å². The quantitative estimate of drug-likeness (QED) is 0.810. The number of rotatable bonds is 6. The van der Waals surface area contributed by atoms with Gasteiger partial charge in [-0.1, -0.05) is 0 Å². The van der Waals surface area contributed by atoms with E-state index in [1.165, 1.54) is 18.7 Å². The number of carbonyl (C=O) groups excluding carboxylic acids is 1. The van der Waals surface area contributed by atoms with Crippen molar-refractivity contribution in [2.45, 2.75) is 32.7 Å². The molecule has 0 unspecified atom stereocenters. The van der Waals surface area contributed by atoms with Crippen LogP contribution < -0.4 is 5.32 Å². The molecule has 1 rings (SSSR count). The summed E-state index contributed by atoms with van der Waals surface area (Å²) in [6, 6.07) is 1.50. The van der Waals surface area contributed by atoms with Crippen LogP contribution in [0.1, 0.15) is 26.5 Å². The molecule has 0 spiro atoms.